The van der Waals surface area contributed by atoms with E-state index in [1.165, 1.54) is 6.26 Å². The molecule has 2 aliphatic heterocycles. The zero-order valence-electron chi connectivity index (χ0n) is 13.2. The Bertz CT molecular complexity index is 722. The van der Waals surface area contributed by atoms with Crippen LogP contribution in [0, 0.1) is 0 Å². The van der Waals surface area contributed by atoms with Gasteiger partial charge >= 0.3 is 0 Å². The van der Waals surface area contributed by atoms with E-state index in [9.17, 15) is 8.42 Å². The number of alkyl halides is 1. The summed E-state index contributed by atoms with van der Waals surface area (Å²) in [7, 11) is -3.18. The van der Waals surface area contributed by atoms with Gasteiger partial charge in [0.05, 0.1) is 16.4 Å². The van der Waals surface area contributed by atoms with Gasteiger partial charge in [-0.3, -0.25) is 15.2 Å². The van der Waals surface area contributed by atoms with Crippen molar-refractivity contribution in [1.29, 1.82) is 0 Å². The Morgan fingerprint density at radius 3 is 3.00 bits per heavy atom. The molecule has 0 aliphatic carbocycles. The number of nitrogens with zero attached hydrogens (tertiary/aromatic N) is 2. The van der Waals surface area contributed by atoms with E-state index < -0.39 is 9.84 Å². The average Bonchev–Trinajstić information content (AvgIpc) is 2.80. The van der Waals surface area contributed by atoms with Crippen molar-refractivity contribution in [3.63, 3.8) is 0 Å². The first-order chi connectivity index (χ1) is 10.9. The van der Waals surface area contributed by atoms with Crippen molar-refractivity contribution in [2.75, 3.05) is 19.3 Å². The molecule has 0 aromatic heterocycles. The minimum atomic E-state index is -3.18. The number of halogens is 1. The van der Waals surface area contributed by atoms with Crippen LogP contribution in [0.3, 0.4) is 0 Å². The third-order valence-corrected chi connectivity index (χ3v) is 6.61. The number of hydrogen-bond donors (Lipinski definition) is 2. The molecule has 0 bridgehead atoms. The number of benzene rings is 1. The van der Waals surface area contributed by atoms with Crippen LogP contribution in [0.15, 0.2) is 34.2 Å². The number of amidine groups is 1. The minimum absolute atomic E-state index is 0.0845. The molecule has 3 rings (SSSR count). The first-order valence-electron chi connectivity index (χ1n) is 7.59. The van der Waals surface area contributed by atoms with Gasteiger partial charge in [-0.25, -0.2) is 8.42 Å². The molecule has 0 radical (unpaired) electrons. The predicted molar refractivity (Wildman–Crippen MR) is 94.5 cm³/mol. The molecular formula is C15H21BrN4O2S. The number of fused-ring (bicyclic) bond motifs is 1. The number of nitrogens with one attached hydrogen (secondary N) is 2. The molecule has 1 aromatic rings. The lowest BCUT2D eigenvalue weighted by molar-refractivity contribution is 0.270. The normalized spacial score (nSPS) is 28.3. The molecule has 1 fully saturated rings. The van der Waals surface area contributed by atoms with E-state index >= 15 is 0 Å². The standard InChI is InChI=1S/C15H21BrN4O2S/c1-10-13(16)20-7-6-17-14(15(20)19-10)18-9-11-4-3-5-12(8-11)23(2,21)22/h3-5,8,10,13,15,19H,6-7,9H2,1-2H3,(H,17,18). The van der Waals surface area contributed by atoms with Crippen LogP contribution in [0.1, 0.15) is 12.5 Å². The monoisotopic (exact) mass is 400 g/mol. The van der Waals surface area contributed by atoms with E-state index in [1.807, 2.05) is 6.07 Å². The van der Waals surface area contributed by atoms with Gasteiger partial charge in [-0.05, 0) is 24.6 Å². The van der Waals surface area contributed by atoms with Gasteiger partial charge in [-0.2, -0.15) is 0 Å². The molecule has 3 atom stereocenters. The highest BCUT2D eigenvalue weighted by Gasteiger charge is 2.40. The van der Waals surface area contributed by atoms with E-state index in [0.29, 0.717) is 22.4 Å². The van der Waals surface area contributed by atoms with Crippen molar-refractivity contribution >= 4 is 31.6 Å². The zero-order valence-corrected chi connectivity index (χ0v) is 15.6. The van der Waals surface area contributed by atoms with Gasteiger partial charge in [0.15, 0.2) is 9.84 Å². The Balaban J connectivity index is 1.70. The molecule has 2 heterocycles. The lowest BCUT2D eigenvalue weighted by atomic mass is 10.2. The Kier molecular flexibility index (Phi) is 4.78. The maximum Gasteiger partial charge on any atom is 0.175 e. The van der Waals surface area contributed by atoms with E-state index in [-0.39, 0.29) is 6.17 Å². The van der Waals surface area contributed by atoms with Gasteiger partial charge in [0, 0.05) is 25.4 Å². The maximum absolute atomic E-state index is 11.6. The summed E-state index contributed by atoms with van der Waals surface area (Å²) in [5, 5.41) is 6.88. The molecule has 0 saturated carbocycles. The average molecular weight is 401 g/mol. The second-order valence-electron chi connectivity index (χ2n) is 6.01. The van der Waals surface area contributed by atoms with Crippen LogP contribution >= 0.6 is 15.9 Å². The zero-order chi connectivity index (χ0) is 16.6. The molecule has 1 saturated heterocycles. The highest BCUT2D eigenvalue weighted by Crippen LogP contribution is 2.24. The molecule has 3 unspecified atom stereocenters. The summed E-state index contributed by atoms with van der Waals surface area (Å²) in [6, 6.07) is 7.36. The van der Waals surface area contributed by atoms with Crippen LogP contribution in [0.2, 0.25) is 0 Å². The fraction of sp³-hybridized carbons (Fsp3) is 0.533. The van der Waals surface area contributed by atoms with Gasteiger partial charge in [-0.1, -0.05) is 28.1 Å². The van der Waals surface area contributed by atoms with Gasteiger partial charge in [0.1, 0.15) is 12.0 Å². The van der Waals surface area contributed by atoms with Crippen molar-refractivity contribution in [3.8, 4) is 0 Å². The second-order valence-corrected chi connectivity index (χ2v) is 8.96. The maximum atomic E-state index is 11.6. The Morgan fingerprint density at radius 2 is 2.26 bits per heavy atom. The lowest BCUT2D eigenvalue weighted by Gasteiger charge is -2.31. The van der Waals surface area contributed by atoms with Crippen molar-refractivity contribution < 1.29 is 8.42 Å². The molecule has 6 nitrogen and oxygen atoms in total. The highest BCUT2D eigenvalue weighted by atomic mass is 79.9. The van der Waals surface area contributed by atoms with Gasteiger partial charge in [0.2, 0.25) is 0 Å². The third-order valence-electron chi connectivity index (χ3n) is 4.18. The molecule has 0 amide bonds. The van der Waals surface area contributed by atoms with E-state index in [4.69, 9.17) is 0 Å². The largest absolute Gasteiger partial charge is 0.367 e. The van der Waals surface area contributed by atoms with Crippen molar-refractivity contribution in [3.05, 3.63) is 29.8 Å². The van der Waals surface area contributed by atoms with Crippen LogP contribution in [0.25, 0.3) is 0 Å². The van der Waals surface area contributed by atoms with Crippen LogP contribution in [-0.4, -0.2) is 55.7 Å². The molecule has 1 aromatic carbocycles. The van der Waals surface area contributed by atoms with Gasteiger partial charge in [0.25, 0.3) is 0 Å². The predicted octanol–water partition coefficient (Wildman–Crippen LogP) is 0.933. The second kappa shape index (κ2) is 6.51. The molecule has 8 heteroatoms. The SMILES string of the molecule is CC1NC2C(NCc3cccc(S(C)(=O)=O)c3)=NCCN2C1Br. The molecule has 126 valence electrons. The fourth-order valence-corrected chi connectivity index (χ4v) is 4.23. The van der Waals surface area contributed by atoms with E-state index in [2.05, 4.69) is 43.4 Å². The van der Waals surface area contributed by atoms with Crippen LogP contribution in [0.5, 0.6) is 0 Å². The summed E-state index contributed by atoms with van der Waals surface area (Å²) in [6.07, 6.45) is 1.31. The first-order valence-corrected chi connectivity index (χ1v) is 10.4. The minimum Gasteiger partial charge on any atom is -0.367 e. The molecule has 0 spiro atoms. The number of rotatable bonds is 3. The summed E-state index contributed by atoms with van der Waals surface area (Å²) >= 11 is 3.71. The molecule has 23 heavy (non-hydrogen) atoms. The highest BCUT2D eigenvalue weighted by molar-refractivity contribution is 9.09. The summed E-state index contributed by atoms with van der Waals surface area (Å²) in [5.74, 6) is 0.912. The van der Waals surface area contributed by atoms with Gasteiger partial charge < -0.3 is 5.32 Å². The molecular weight excluding hydrogens is 380 g/mol. The van der Waals surface area contributed by atoms with Crippen molar-refractivity contribution in [1.82, 2.24) is 15.5 Å². The fourth-order valence-electron chi connectivity index (χ4n) is 2.95. The van der Waals surface area contributed by atoms with E-state index in [1.54, 1.807) is 18.2 Å². The van der Waals surface area contributed by atoms with E-state index in [0.717, 1.165) is 24.5 Å². The summed E-state index contributed by atoms with van der Waals surface area (Å²) in [4.78, 5) is 7.57. The first kappa shape index (κ1) is 16.9. The summed E-state index contributed by atoms with van der Waals surface area (Å²) in [5.41, 5.74) is 0.925. The van der Waals surface area contributed by atoms with Gasteiger partial charge in [-0.15, -0.1) is 0 Å². The summed E-state index contributed by atoms with van der Waals surface area (Å²) in [6.45, 7) is 4.38. The Hall–Kier alpha value is -0.960. The smallest absolute Gasteiger partial charge is 0.175 e. The third kappa shape index (κ3) is 3.60. The summed E-state index contributed by atoms with van der Waals surface area (Å²) < 4.78 is 23.3. The van der Waals surface area contributed by atoms with Crippen LogP contribution in [-0.2, 0) is 16.4 Å². The Labute approximate surface area is 145 Å². The van der Waals surface area contributed by atoms with Crippen molar-refractivity contribution in [2.45, 2.75) is 35.5 Å². The molecule has 2 aliphatic rings. The number of sulfone groups is 1. The quantitative estimate of drug-likeness (QED) is 0.583. The number of hydrogen-bond acceptors (Lipinski definition) is 6. The molecule has 2 N–H and O–H groups in total. The van der Waals surface area contributed by atoms with Crippen molar-refractivity contribution in [2.24, 2.45) is 4.99 Å². The lowest BCUT2D eigenvalue weighted by Crippen LogP contribution is -2.53. The van der Waals surface area contributed by atoms with Crippen LogP contribution in [0.4, 0.5) is 0 Å². The van der Waals surface area contributed by atoms with Crippen LogP contribution < -0.4 is 10.6 Å². The number of aliphatic imine (C=N–C) groups is 1. The topological polar surface area (TPSA) is 73.8 Å². The Morgan fingerprint density at radius 1 is 1.48 bits per heavy atom.